The lowest BCUT2D eigenvalue weighted by atomic mass is 10.2. The second-order valence-corrected chi connectivity index (χ2v) is 7.71. The van der Waals surface area contributed by atoms with E-state index in [-0.39, 0.29) is 0 Å². The van der Waals surface area contributed by atoms with Crippen LogP contribution in [0.1, 0.15) is 5.56 Å². The molecule has 0 amide bonds. The molecule has 6 heteroatoms. The number of ether oxygens (including phenoxy) is 3. The first-order valence-corrected chi connectivity index (χ1v) is 11.0. The summed E-state index contributed by atoms with van der Waals surface area (Å²) in [6.07, 6.45) is 3.66. The van der Waals surface area contributed by atoms with Crippen molar-refractivity contribution in [3.05, 3.63) is 108 Å². The van der Waals surface area contributed by atoms with Crippen LogP contribution < -0.4 is 19.1 Å². The van der Waals surface area contributed by atoms with Crippen LogP contribution in [0.5, 0.6) is 17.2 Å². The molecule has 0 aliphatic carbocycles. The molecule has 0 unspecified atom stereocenters. The summed E-state index contributed by atoms with van der Waals surface area (Å²) in [7, 11) is 1.64. The molecule has 0 aliphatic heterocycles. The van der Waals surface area contributed by atoms with E-state index in [4.69, 9.17) is 25.8 Å². The number of anilines is 2. The van der Waals surface area contributed by atoms with E-state index in [1.54, 1.807) is 25.4 Å². The van der Waals surface area contributed by atoms with Crippen molar-refractivity contribution in [2.24, 2.45) is 0 Å². The molecule has 0 N–H and O–H groups in total. The third-order valence-electron chi connectivity index (χ3n) is 5.01. The van der Waals surface area contributed by atoms with Gasteiger partial charge in [-0.1, -0.05) is 35.9 Å². The number of nitrogens with zero attached hydrogens (tertiary/aromatic N) is 2. The molecule has 1 aromatic heterocycles. The second kappa shape index (κ2) is 11.2. The summed E-state index contributed by atoms with van der Waals surface area (Å²) in [5.74, 6) is 2.07. The first-order chi connectivity index (χ1) is 16.2. The van der Waals surface area contributed by atoms with E-state index in [1.165, 1.54) is 0 Å². The average Bonchev–Trinajstić information content (AvgIpc) is 2.87. The molecule has 0 radical (unpaired) electrons. The fraction of sp³-hybridized carbons (Fsp3) is 0.148. The van der Waals surface area contributed by atoms with Crippen LogP contribution in [0.3, 0.4) is 0 Å². The summed E-state index contributed by atoms with van der Waals surface area (Å²) in [6.45, 7) is 1.44. The first-order valence-electron chi connectivity index (χ1n) is 10.6. The maximum atomic E-state index is 6.04. The van der Waals surface area contributed by atoms with Crippen LogP contribution in [0.4, 0.5) is 11.4 Å². The minimum atomic E-state index is 0.371. The highest BCUT2D eigenvalue weighted by Gasteiger charge is 2.14. The molecule has 1 heterocycles. The predicted octanol–water partition coefficient (Wildman–Crippen LogP) is 6.54. The van der Waals surface area contributed by atoms with Crippen molar-refractivity contribution in [2.45, 2.75) is 6.54 Å². The lowest BCUT2D eigenvalue weighted by molar-refractivity contribution is 0.211. The smallest absolute Gasteiger partial charge is 0.163 e. The maximum absolute atomic E-state index is 6.04. The van der Waals surface area contributed by atoms with Crippen molar-refractivity contribution >= 4 is 23.0 Å². The fourth-order valence-electron chi connectivity index (χ4n) is 3.40. The highest BCUT2D eigenvalue weighted by molar-refractivity contribution is 6.30. The Kier molecular flexibility index (Phi) is 7.67. The normalized spacial score (nSPS) is 10.5. The van der Waals surface area contributed by atoms with Gasteiger partial charge in [0.05, 0.1) is 7.11 Å². The molecule has 0 saturated heterocycles. The Morgan fingerprint density at radius 3 is 2.30 bits per heavy atom. The zero-order valence-corrected chi connectivity index (χ0v) is 19.1. The number of pyridine rings is 1. The lowest BCUT2D eigenvalue weighted by Crippen LogP contribution is -2.17. The molecule has 0 atom stereocenters. The molecule has 0 fully saturated rings. The third kappa shape index (κ3) is 6.18. The number of aromatic nitrogens is 1. The van der Waals surface area contributed by atoms with Crippen molar-refractivity contribution < 1.29 is 14.2 Å². The molecule has 33 heavy (non-hydrogen) atoms. The second-order valence-electron chi connectivity index (χ2n) is 7.27. The van der Waals surface area contributed by atoms with E-state index in [0.29, 0.717) is 36.3 Å². The fourth-order valence-corrected chi connectivity index (χ4v) is 3.53. The molecular formula is C27H25ClN2O3. The van der Waals surface area contributed by atoms with E-state index in [0.717, 1.165) is 22.7 Å². The number of hydrogen-bond donors (Lipinski definition) is 0. The molecule has 0 aliphatic rings. The monoisotopic (exact) mass is 460 g/mol. The number of methoxy groups -OCH3 is 1. The van der Waals surface area contributed by atoms with Crippen LogP contribution in [-0.2, 0) is 6.54 Å². The zero-order valence-electron chi connectivity index (χ0n) is 18.4. The topological polar surface area (TPSA) is 43.8 Å². The summed E-state index contributed by atoms with van der Waals surface area (Å²) in [5, 5.41) is 0.675. The number of benzene rings is 3. The Hall–Kier alpha value is -3.70. The van der Waals surface area contributed by atoms with Crippen molar-refractivity contribution in [2.75, 3.05) is 25.2 Å². The quantitative estimate of drug-likeness (QED) is 0.251. The Balaban J connectivity index is 1.51. The highest BCUT2D eigenvalue weighted by atomic mass is 35.5. The van der Waals surface area contributed by atoms with Gasteiger partial charge in [-0.05, 0) is 60.2 Å². The molecule has 0 spiro atoms. The number of halogens is 1. The standard InChI is InChI=1S/C27H25ClN2O3/c1-31-26-14-11-24(18-27(26)33-17-16-32-25-12-9-22(28)10-13-25)30(23-7-3-2-4-8-23)20-21-6-5-15-29-19-21/h2-15,18-19H,16-17,20H2,1H3. The van der Waals surface area contributed by atoms with Crippen LogP contribution in [0.15, 0.2) is 97.3 Å². The van der Waals surface area contributed by atoms with Gasteiger partial charge in [0.2, 0.25) is 0 Å². The summed E-state index contributed by atoms with van der Waals surface area (Å²) in [4.78, 5) is 6.47. The predicted molar refractivity (Wildman–Crippen MR) is 132 cm³/mol. The van der Waals surface area contributed by atoms with Crippen LogP contribution >= 0.6 is 11.6 Å². The van der Waals surface area contributed by atoms with Gasteiger partial charge < -0.3 is 19.1 Å². The average molecular weight is 461 g/mol. The van der Waals surface area contributed by atoms with Crippen LogP contribution in [0.25, 0.3) is 0 Å². The first kappa shape index (κ1) is 22.5. The Morgan fingerprint density at radius 1 is 0.788 bits per heavy atom. The number of rotatable bonds is 10. The van der Waals surface area contributed by atoms with Crippen molar-refractivity contribution in [3.8, 4) is 17.2 Å². The SMILES string of the molecule is COc1ccc(N(Cc2cccnc2)c2ccccc2)cc1OCCOc1ccc(Cl)cc1. The van der Waals surface area contributed by atoms with Gasteiger partial charge in [-0.25, -0.2) is 0 Å². The zero-order chi connectivity index (χ0) is 22.9. The van der Waals surface area contributed by atoms with Gasteiger partial charge in [0.25, 0.3) is 0 Å². The Morgan fingerprint density at radius 2 is 1.58 bits per heavy atom. The van der Waals surface area contributed by atoms with Gasteiger partial charge in [-0.15, -0.1) is 0 Å². The van der Waals surface area contributed by atoms with Crippen molar-refractivity contribution in [1.29, 1.82) is 0 Å². The molecule has 3 aromatic carbocycles. The molecule has 4 aromatic rings. The number of hydrogen-bond acceptors (Lipinski definition) is 5. The summed E-state index contributed by atoms with van der Waals surface area (Å²) >= 11 is 5.92. The van der Waals surface area contributed by atoms with E-state index >= 15 is 0 Å². The minimum absolute atomic E-state index is 0.371. The van der Waals surface area contributed by atoms with Gasteiger partial charge in [-0.3, -0.25) is 4.98 Å². The van der Waals surface area contributed by atoms with Gasteiger partial charge in [0.1, 0.15) is 19.0 Å². The van der Waals surface area contributed by atoms with Crippen LogP contribution in [-0.4, -0.2) is 25.3 Å². The van der Waals surface area contributed by atoms with Gasteiger partial charge in [0, 0.05) is 41.4 Å². The Labute approximate surface area is 199 Å². The van der Waals surface area contributed by atoms with Gasteiger partial charge >= 0.3 is 0 Å². The van der Waals surface area contributed by atoms with E-state index in [1.807, 2.05) is 60.8 Å². The van der Waals surface area contributed by atoms with E-state index < -0.39 is 0 Å². The highest BCUT2D eigenvalue weighted by Crippen LogP contribution is 2.35. The maximum Gasteiger partial charge on any atom is 0.163 e. The van der Waals surface area contributed by atoms with E-state index in [9.17, 15) is 0 Å². The van der Waals surface area contributed by atoms with Crippen LogP contribution in [0, 0.1) is 0 Å². The van der Waals surface area contributed by atoms with Gasteiger partial charge in [0.15, 0.2) is 11.5 Å². The molecule has 5 nitrogen and oxygen atoms in total. The molecule has 4 rings (SSSR count). The molecule has 0 bridgehead atoms. The minimum Gasteiger partial charge on any atom is -0.493 e. The summed E-state index contributed by atoms with van der Waals surface area (Å²) < 4.78 is 17.3. The van der Waals surface area contributed by atoms with Gasteiger partial charge in [-0.2, -0.15) is 0 Å². The van der Waals surface area contributed by atoms with Crippen LogP contribution in [0.2, 0.25) is 5.02 Å². The third-order valence-corrected chi connectivity index (χ3v) is 5.27. The molecule has 0 saturated carbocycles. The lowest BCUT2D eigenvalue weighted by Gasteiger charge is -2.26. The van der Waals surface area contributed by atoms with E-state index in [2.05, 4.69) is 28.1 Å². The van der Waals surface area contributed by atoms with Crippen molar-refractivity contribution in [3.63, 3.8) is 0 Å². The Bertz CT molecular complexity index is 1140. The molecule has 168 valence electrons. The summed E-state index contributed by atoms with van der Waals surface area (Å²) in [6, 6.07) is 27.4. The summed E-state index contributed by atoms with van der Waals surface area (Å²) in [5.41, 5.74) is 3.17. The largest absolute Gasteiger partial charge is 0.493 e. The van der Waals surface area contributed by atoms with Crippen molar-refractivity contribution in [1.82, 2.24) is 4.98 Å². The number of para-hydroxylation sites is 1. The molecular weight excluding hydrogens is 436 g/mol.